The standard InChI is InChI=1S/C11H18BrNOS/c1-4-11(2,14-3)10(13)7-9-8(12)5-6-15-9/h5-6,10H,4,7,13H2,1-3H3. The van der Waals surface area contributed by atoms with E-state index in [2.05, 4.69) is 41.2 Å². The van der Waals surface area contributed by atoms with Gasteiger partial charge in [-0.05, 0) is 40.7 Å². The highest BCUT2D eigenvalue weighted by molar-refractivity contribution is 9.10. The van der Waals surface area contributed by atoms with Crippen molar-refractivity contribution in [2.75, 3.05) is 7.11 Å². The van der Waals surface area contributed by atoms with Crippen LogP contribution in [0.15, 0.2) is 15.9 Å². The van der Waals surface area contributed by atoms with Crippen molar-refractivity contribution >= 4 is 27.3 Å². The van der Waals surface area contributed by atoms with Crippen LogP contribution in [0.1, 0.15) is 25.1 Å². The van der Waals surface area contributed by atoms with Crippen LogP contribution in [-0.2, 0) is 11.2 Å². The molecule has 1 aromatic rings. The summed E-state index contributed by atoms with van der Waals surface area (Å²) in [6.07, 6.45) is 1.78. The van der Waals surface area contributed by atoms with Gasteiger partial charge in [0, 0.05) is 28.9 Å². The van der Waals surface area contributed by atoms with E-state index in [1.54, 1.807) is 18.4 Å². The Morgan fingerprint density at radius 3 is 2.73 bits per heavy atom. The maximum absolute atomic E-state index is 6.19. The molecule has 86 valence electrons. The first-order valence-corrected chi connectivity index (χ1v) is 6.73. The Morgan fingerprint density at radius 1 is 1.67 bits per heavy atom. The molecular formula is C11H18BrNOS. The van der Waals surface area contributed by atoms with E-state index in [-0.39, 0.29) is 11.6 Å². The van der Waals surface area contributed by atoms with E-state index < -0.39 is 0 Å². The fourth-order valence-electron chi connectivity index (χ4n) is 1.44. The second-order valence-corrected chi connectivity index (χ2v) is 5.73. The van der Waals surface area contributed by atoms with E-state index in [0.717, 1.165) is 17.3 Å². The molecule has 2 atom stereocenters. The lowest BCUT2D eigenvalue weighted by Crippen LogP contribution is -2.47. The lowest BCUT2D eigenvalue weighted by molar-refractivity contribution is -0.0183. The maximum Gasteiger partial charge on any atom is 0.0801 e. The second-order valence-electron chi connectivity index (χ2n) is 3.87. The van der Waals surface area contributed by atoms with Crippen molar-refractivity contribution in [3.63, 3.8) is 0 Å². The van der Waals surface area contributed by atoms with Gasteiger partial charge in [-0.1, -0.05) is 6.92 Å². The molecule has 0 aliphatic rings. The first kappa shape index (κ1) is 13.2. The summed E-state index contributed by atoms with van der Waals surface area (Å²) in [4.78, 5) is 1.29. The van der Waals surface area contributed by atoms with Crippen molar-refractivity contribution < 1.29 is 4.74 Å². The molecule has 2 unspecified atom stereocenters. The minimum absolute atomic E-state index is 0.0300. The lowest BCUT2D eigenvalue weighted by atomic mass is 9.91. The van der Waals surface area contributed by atoms with Gasteiger partial charge in [0.15, 0.2) is 0 Å². The van der Waals surface area contributed by atoms with Gasteiger partial charge in [0.2, 0.25) is 0 Å². The molecule has 2 nitrogen and oxygen atoms in total. The van der Waals surface area contributed by atoms with Gasteiger partial charge in [0.1, 0.15) is 0 Å². The minimum atomic E-state index is -0.233. The largest absolute Gasteiger partial charge is 0.377 e. The highest BCUT2D eigenvalue weighted by Crippen LogP contribution is 2.27. The van der Waals surface area contributed by atoms with E-state index in [1.165, 1.54) is 4.88 Å². The normalized spacial score (nSPS) is 17.4. The minimum Gasteiger partial charge on any atom is -0.377 e. The molecule has 0 aromatic carbocycles. The first-order chi connectivity index (χ1) is 7.03. The molecular weight excluding hydrogens is 274 g/mol. The Morgan fingerprint density at radius 2 is 2.33 bits per heavy atom. The van der Waals surface area contributed by atoms with E-state index in [1.807, 2.05) is 0 Å². The van der Waals surface area contributed by atoms with E-state index in [0.29, 0.717) is 0 Å². The van der Waals surface area contributed by atoms with E-state index in [9.17, 15) is 0 Å². The predicted molar refractivity (Wildman–Crippen MR) is 69.4 cm³/mol. The first-order valence-electron chi connectivity index (χ1n) is 5.06. The molecule has 15 heavy (non-hydrogen) atoms. The second kappa shape index (κ2) is 5.43. The molecule has 4 heteroatoms. The maximum atomic E-state index is 6.19. The average molecular weight is 292 g/mol. The van der Waals surface area contributed by atoms with Gasteiger partial charge >= 0.3 is 0 Å². The SMILES string of the molecule is CCC(C)(OC)C(N)Cc1sccc1Br. The molecule has 2 N–H and O–H groups in total. The van der Waals surface area contributed by atoms with Crippen LogP contribution in [0.2, 0.25) is 0 Å². The molecule has 1 heterocycles. The van der Waals surface area contributed by atoms with Crippen LogP contribution < -0.4 is 5.73 Å². The molecule has 0 spiro atoms. The van der Waals surface area contributed by atoms with Crippen LogP contribution in [0.25, 0.3) is 0 Å². The van der Waals surface area contributed by atoms with Crippen molar-refractivity contribution in [2.45, 2.75) is 38.3 Å². The molecule has 0 amide bonds. The summed E-state index contributed by atoms with van der Waals surface area (Å²) in [6.45, 7) is 4.17. The van der Waals surface area contributed by atoms with Crippen LogP contribution in [0, 0.1) is 0 Å². The third kappa shape index (κ3) is 3.03. The van der Waals surface area contributed by atoms with Crippen molar-refractivity contribution in [1.29, 1.82) is 0 Å². The van der Waals surface area contributed by atoms with E-state index >= 15 is 0 Å². The van der Waals surface area contributed by atoms with Gasteiger partial charge in [-0.15, -0.1) is 11.3 Å². The van der Waals surface area contributed by atoms with Gasteiger partial charge in [0.25, 0.3) is 0 Å². The Labute approximate surface area is 104 Å². The third-order valence-electron chi connectivity index (χ3n) is 3.05. The summed E-state index contributed by atoms with van der Waals surface area (Å²) in [5.74, 6) is 0. The summed E-state index contributed by atoms with van der Waals surface area (Å²) < 4.78 is 6.65. The molecule has 0 aliphatic heterocycles. The number of hydrogen-bond donors (Lipinski definition) is 1. The Hall–Kier alpha value is 0.100. The Bertz CT molecular complexity index is 309. The molecule has 0 saturated carbocycles. The summed E-state index contributed by atoms with van der Waals surface area (Å²) in [5.41, 5.74) is 5.96. The number of thiophene rings is 1. The lowest BCUT2D eigenvalue weighted by Gasteiger charge is -2.33. The molecule has 0 aliphatic carbocycles. The van der Waals surface area contributed by atoms with Crippen molar-refractivity contribution in [3.05, 3.63) is 20.8 Å². The van der Waals surface area contributed by atoms with Crippen molar-refractivity contribution in [3.8, 4) is 0 Å². The zero-order chi connectivity index (χ0) is 11.5. The summed E-state index contributed by atoms with van der Waals surface area (Å²) in [5, 5.41) is 2.07. The van der Waals surface area contributed by atoms with Gasteiger partial charge < -0.3 is 10.5 Å². The number of nitrogens with two attached hydrogens (primary N) is 1. The van der Waals surface area contributed by atoms with Gasteiger partial charge in [-0.3, -0.25) is 0 Å². The van der Waals surface area contributed by atoms with Gasteiger partial charge in [0.05, 0.1) is 5.60 Å². The molecule has 0 bridgehead atoms. The van der Waals surface area contributed by atoms with E-state index in [4.69, 9.17) is 10.5 Å². The number of methoxy groups -OCH3 is 1. The fourth-order valence-corrected chi connectivity index (χ4v) is 3.02. The fraction of sp³-hybridized carbons (Fsp3) is 0.636. The third-order valence-corrected chi connectivity index (χ3v) is 5.00. The Kier molecular flexibility index (Phi) is 4.77. The molecule has 1 aromatic heterocycles. The van der Waals surface area contributed by atoms with Crippen LogP contribution in [0.4, 0.5) is 0 Å². The number of hydrogen-bond acceptors (Lipinski definition) is 3. The van der Waals surface area contributed by atoms with Gasteiger partial charge in [-0.2, -0.15) is 0 Å². The molecule has 0 fully saturated rings. The number of ether oxygens (including phenoxy) is 1. The zero-order valence-electron chi connectivity index (χ0n) is 9.42. The smallest absolute Gasteiger partial charge is 0.0801 e. The topological polar surface area (TPSA) is 35.2 Å². The monoisotopic (exact) mass is 291 g/mol. The number of rotatable bonds is 5. The number of halogens is 1. The highest BCUT2D eigenvalue weighted by atomic mass is 79.9. The Balaban J connectivity index is 2.70. The highest BCUT2D eigenvalue weighted by Gasteiger charge is 2.30. The van der Waals surface area contributed by atoms with Crippen molar-refractivity contribution in [2.24, 2.45) is 5.73 Å². The summed E-state index contributed by atoms with van der Waals surface area (Å²) in [7, 11) is 1.73. The quantitative estimate of drug-likeness (QED) is 0.904. The molecule has 0 saturated heterocycles. The molecule has 0 radical (unpaired) electrons. The average Bonchev–Trinajstić information content (AvgIpc) is 2.63. The van der Waals surface area contributed by atoms with Crippen LogP contribution in [0.5, 0.6) is 0 Å². The van der Waals surface area contributed by atoms with Gasteiger partial charge in [-0.25, -0.2) is 0 Å². The predicted octanol–water partition coefficient (Wildman–Crippen LogP) is 3.20. The van der Waals surface area contributed by atoms with Crippen molar-refractivity contribution in [1.82, 2.24) is 0 Å². The van der Waals surface area contributed by atoms with Crippen LogP contribution in [0.3, 0.4) is 0 Å². The van der Waals surface area contributed by atoms with Crippen LogP contribution in [-0.4, -0.2) is 18.8 Å². The summed E-state index contributed by atoms with van der Waals surface area (Å²) in [6, 6.07) is 2.09. The summed E-state index contributed by atoms with van der Waals surface area (Å²) >= 11 is 5.25. The zero-order valence-corrected chi connectivity index (χ0v) is 11.8. The van der Waals surface area contributed by atoms with Crippen LogP contribution >= 0.6 is 27.3 Å². The molecule has 1 rings (SSSR count).